The van der Waals surface area contributed by atoms with Crippen LogP contribution in [0.1, 0.15) is 12.8 Å². The van der Waals surface area contributed by atoms with Gasteiger partial charge >= 0.3 is 11.9 Å². The van der Waals surface area contributed by atoms with E-state index in [2.05, 4.69) is 6.58 Å². The van der Waals surface area contributed by atoms with E-state index in [1.807, 2.05) is 0 Å². The van der Waals surface area contributed by atoms with Gasteiger partial charge in [0.2, 0.25) is 0 Å². The number of hydrogen-bond donors (Lipinski definition) is 7. The molecule has 0 saturated carbocycles. The second-order valence-electron chi connectivity index (χ2n) is 8.10. The summed E-state index contributed by atoms with van der Waals surface area (Å²) in [5, 5.41) is 69.4. The lowest BCUT2D eigenvalue weighted by atomic mass is 9.90. The summed E-state index contributed by atoms with van der Waals surface area (Å²) in [6, 6.07) is 0. The van der Waals surface area contributed by atoms with Gasteiger partial charge in [-0.15, -0.1) is 6.58 Å². The fourth-order valence-corrected chi connectivity index (χ4v) is 4.02. The van der Waals surface area contributed by atoms with Crippen molar-refractivity contribution in [1.29, 1.82) is 0 Å². The number of esters is 1. The molecule has 10 atom stereocenters. The van der Waals surface area contributed by atoms with Crippen LogP contribution in [0.3, 0.4) is 0 Å². The minimum absolute atomic E-state index is 0.255. The highest BCUT2D eigenvalue weighted by molar-refractivity contribution is 5.79. The summed E-state index contributed by atoms with van der Waals surface area (Å²) in [6.07, 6.45) is -12.7. The third-order valence-electron chi connectivity index (χ3n) is 5.81. The molecule has 0 unspecified atom stereocenters. The first-order valence-electron chi connectivity index (χ1n) is 10.2. The van der Waals surface area contributed by atoms with Crippen molar-refractivity contribution in [2.24, 2.45) is 0 Å². The highest BCUT2D eigenvalue weighted by Crippen LogP contribution is 2.39. The van der Waals surface area contributed by atoms with Crippen LogP contribution in [-0.4, -0.2) is 128 Å². The van der Waals surface area contributed by atoms with Crippen molar-refractivity contribution < 1.29 is 69.0 Å². The van der Waals surface area contributed by atoms with Crippen LogP contribution in [0, 0.1) is 0 Å². The third-order valence-corrected chi connectivity index (χ3v) is 5.81. The van der Waals surface area contributed by atoms with Gasteiger partial charge in [0.05, 0.1) is 32.0 Å². The van der Waals surface area contributed by atoms with Crippen molar-refractivity contribution in [3.8, 4) is 0 Å². The van der Waals surface area contributed by atoms with Gasteiger partial charge in [0.1, 0.15) is 30.5 Å². The Hall–Kier alpha value is -1.72. The maximum absolute atomic E-state index is 12.8. The maximum atomic E-state index is 12.8. The minimum atomic E-state index is -2.36. The molecule has 188 valence electrons. The van der Waals surface area contributed by atoms with Crippen LogP contribution in [0.5, 0.6) is 0 Å². The molecule has 0 radical (unpaired) electrons. The van der Waals surface area contributed by atoms with Gasteiger partial charge < -0.3 is 59.4 Å². The van der Waals surface area contributed by atoms with Crippen LogP contribution in [0.2, 0.25) is 0 Å². The van der Waals surface area contributed by atoms with Crippen molar-refractivity contribution >= 4 is 11.9 Å². The van der Waals surface area contributed by atoms with Gasteiger partial charge in [0.25, 0.3) is 11.6 Å². The molecule has 0 bridgehead atoms. The Labute approximate surface area is 187 Å². The van der Waals surface area contributed by atoms with Gasteiger partial charge in [-0.05, 0) is 0 Å². The topological polar surface area (TPSA) is 222 Å². The van der Waals surface area contributed by atoms with Crippen LogP contribution >= 0.6 is 0 Å². The van der Waals surface area contributed by atoms with E-state index in [9.17, 15) is 40.2 Å². The van der Waals surface area contributed by atoms with Gasteiger partial charge in [0, 0.05) is 12.8 Å². The number of carbonyl (C=O) groups is 2. The molecule has 0 aromatic heterocycles. The summed E-state index contributed by atoms with van der Waals surface area (Å²) in [5.74, 6) is -7.42. The zero-order valence-electron chi connectivity index (χ0n) is 17.4. The monoisotopic (exact) mass is 480 g/mol. The largest absolute Gasteiger partial charge is 0.477 e. The zero-order chi connectivity index (χ0) is 24.6. The predicted octanol–water partition coefficient (Wildman–Crippen LogP) is -4.02. The van der Waals surface area contributed by atoms with Crippen LogP contribution in [0.4, 0.5) is 0 Å². The Balaban J connectivity index is 1.79. The van der Waals surface area contributed by atoms with E-state index in [0.29, 0.717) is 0 Å². The SMILES string of the molecule is C=CCO[C@]1(C(=O)O)C[C@@H](O)[C@@H](O)[C@@H]([C@H]2CO[C@@]3(C[C@@H](O)[C@@H](O)[C@@H]([C@H](O)CO)O3)C(=O)O2)O1. The second-order valence-corrected chi connectivity index (χ2v) is 8.10. The molecule has 3 heterocycles. The molecule has 14 nitrogen and oxygen atoms in total. The van der Waals surface area contributed by atoms with Gasteiger partial charge in [-0.25, -0.2) is 9.59 Å². The average molecular weight is 480 g/mol. The molecule has 3 aliphatic rings. The van der Waals surface area contributed by atoms with Gasteiger partial charge in [-0.1, -0.05) is 6.08 Å². The number of hydrogen-bond acceptors (Lipinski definition) is 13. The number of rotatable bonds is 7. The number of aliphatic hydroxyl groups is 6. The van der Waals surface area contributed by atoms with E-state index in [0.717, 1.165) is 0 Å². The number of carbonyl (C=O) groups excluding carboxylic acids is 1. The molecular formula is C19H28O14. The van der Waals surface area contributed by atoms with E-state index in [4.69, 9.17) is 28.8 Å². The number of ether oxygens (including phenoxy) is 5. The van der Waals surface area contributed by atoms with Crippen molar-refractivity contribution in [2.45, 2.75) is 73.2 Å². The van der Waals surface area contributed by atoms with Crippen molar-refractivity contribution in [2.75, 3.05) is 19.8 Å². The van der Waals surface area contributed by atoms with Gasteiger partial charge in [-0.3, -0.25) is 0 Å². The van der Waals surface area contributed by atoms with E-state index in [1.54, 1.807) is 0 Å². The fourth-order valence-electron chi connectivity index (χ4n) is 4.02. The van der Waals surface area contributed by atoms with E-state index in [-0.39, 0.29) is 6.61 Å². The van der Waals surface area contributed by atoms with Crippen LogP contribution in [0.25, 0.3) is 0 Å². The lowest BCUT2D eigenvalue weighted by Gasteiger charge is -2.49. The molecule has 0 aromatic carbocycles. The highest BCUT2D eigenvalue weighted by Gasteiger charge is 2.61. The van der Waals surface area contributed by atoms with Crippen molar-refractivity contribution in [1.82, 2.24) is 0 Å². The first-order chi connectivity index (χ1) is 15.5. The zero-order valence-corrected chi connectivity index (χ0v) is 17.4. The summed E-state index contributed by atoms with van der Waals surface area (Å²) in [7, 11) is 0. The summed E-state index contributed by atoms with van der Waals surface area (Å²) >= 11 is 0. The Bertz CT molecular complexity index is 746. The second kappa shape index (κ2) is 9.87. The highest BCUT2D eigenvalue weighted by atomic mass is 16.8. The maximum Gasteiger partial charge on any atom is 0.367 e. The molecule has 7 N–H and O–H groups in total. The molecule has 1 spiro atoms. The Morgan fingerprint density at radius 3 is 2.42 bits per heavy atom. The van der Waals surface area contributed by atoms with E-state index in [1.165, 1.54) is 6.08 Å². The normalized spacial score (nSPS) is 44.8. The molecule has 3 fully saturated rings. The van der Waals surface area contributed by atoms with Gasteiger partial charge in [0.15, 0.2) is 6.10 Å². The summed E-state index contributed by atoms with van der Waals surface area (Å²) in [5.41, 5.74) is 0. The molecule has 0 aromatic rings. The van der Waals surface area contributed by atoms with Crippen molar-refractivity contribution in [3.05, 3.63) is 12.7 Å². The number of carboxylic acid groups (broad SMARTS) is 1. The molecule has 3 aliphatic heterocycles. The van der Waals surface area contributed by atoms with Crippen LogP contribution in [0.15, 0.2) is 12.7 Å². The first-order valence-corrected chi connectivity index (χ1v) is 10.2. The standard InChI is InChI=1S/C19H28O14/c1-2-3-29-18(16(26)27)4-8(21)13(25)15(33-18)11-7-30-19(17(28)31-11)5-9(22)12(24)14(32-19)10(23)6-20/h2,8-15,20-25H,1,3-7H2,(H,26,27)/t8-,9-,10-,11-,12-,13-,14-,15-,18-,19-/m1/s1. The van der Waals surface area contributed by atoms with Gasteiger partial charge in [-0.2, -0.15) is 0 Å². The first kappa shape index (κ1) is 25.9. The average Bonchev–Trinajstić information content (AvgIpc) is 2.78. The lowest BCUT2D eigenvalue weighted by Crippen LogP contribution is -2.68. The number of aliphatic hydroxyl groups excluding tert-OH is 6. The molecule has 0 aliphatic carbocycles. The molecule has 33 heavy (non-hydrogen) atoms. The molecule has 14 heteroatoms. The molecule has 3 saturated heterocycles. The van der Waals surface area contributed by atoms with Crippen LogP contribution < -0.4 is 0 Å². The quantitative estimate of drug-likeness (QED) is 0.136. The summed E-state index contributed by atoms with van der Waals surface area (Å²) in [6.45, 7) is 1.77. The number of cyclic esters (lactones) is 1. The summed E-state index contributed by atoms with van der Waals surface area (Å²) < 4.78 is 26.8. The number of aliphatic carboxylic acids is 1. The molecular weight excluding hydrogens is 452 g/mol. The third kappa shape index (κ3) is 4.77. The molecule has 3 rings (SSSR count). The Morgan fingerprint density at radius 1 is 1.18 bits per heavy atom. The fraction of sp³-hybridized carbons (Fsp3) is 0.789. The minimum Gasteiger partial charge on any atom is -0.477 e. The number of carboxylic acids is 1. The Kier molecular flexibility index (Phi) is 7.75. The van der Waals surface area contributed by atoms with E-state index >= 15 is 0 Å². The van der Waals surface area contributed by atoms with Crippen LogP contribution in [-0.2, 0) is 33.3 Å². The lowest BCUT2D eigenvalue weighted by molar-refractivity contribution is -0.364. The van der Waals surface area contributed by atoms with Crippen molar-refractivity contribution in [3.63, 3.8) is 0 Å². The smallest absolute Gasteiger partial charge is 0.367 e. The Morgan fingerprint density at radius 2 is 1.85 bits per heavy atom. The predicted molar refractivity (Wildman–Crippen MR) is 101 cm³/mol. The molecule has 0 amide bonds. The van der Waals surface area contributed by atoms with E-state index < -0.39 is 98.4 Å². The summed E-state index contributed by atoms with van der Waals surface area (Å²) in [4.78, 5) is 24.7.